The standard InChI is InChI=1S/C17H12FN3OS/c18-12-7-10(8-19)5-6-13(12)22-16-15-11-3-1-2-4-14(11)23-17(15)21-9-20-16/h5-7,9H,1-4H2. The Hall–Kier alpha value is -2.52. The lowest BCUT2D eigenvalue weighted by atomic mass is 9.97. The van der Waals surface area contributed by atoms with Crippen LogP contribution in [0.15, 0.2) is 24.5 Å². The predicted molar refractivity (Wildman–Crippen MR) is 85.2 cm³/mol. The van der Waals surface area contributed by atoms with E-state index in [1.54, 1.807) is 11.3 Å². The van der Waals surface area contributed by atoms with Gasteiger partial charge in [0.2, 0.25) is 5.88 Å². The van der Waals surface area contributed by atoms with E-state index in [0.29, 0.717) is 5.88 Å². The Labute approximate surface area is 136 Å². The van der Waals surface area contributed by atoms with Crippen LogP contribution < -0.4 is 4.74 Å². The Morgan fingerprint density at radius 3 is 2.91 bits per heavy atom. The van der Waals surface area contributed by atoms with Crippen molar-refractivity contribution < 1.29 is 9.13 Å². The molecule has 3 aromatic rings. The molecule has 4 rings (SSSR count). The zero-order valence-electron chi connectivity index (χ0n) is 12.2. The molecule has 6 heteroatoms. The van der Waals surface area contributed by atoms with Gasteiger partial charge in [0.15, 0.2) is 11.6 Å². The highest BCUT2D eigenvalue weighted by Crippen LogP contribution is 2.40. The summed E-state index contributed by atoms with van der Waals surface area (Å²) >= 11 is 1.67. The van der Waals surface area contributed by atoms with Gasteiger partial charge in [0.25, 0.3) is 0 Å². The van der Waals surface area contributed by atoms with Crippen molar-refractivity contribution in [1.29, 1.82) is 5.26 Å². The van der Waals surface area contributed by atoms with Gasteiger partial charge < -0.3 is 4.74 Å². The number of nitriles is 1. The van der Waals surface area contributed by atoms with E-state index in [-0.39, 0.29) is 11.3 Å². The smallest absolute Gasteiger partial charge is 0.231 e. The summed E-state index contributed by atoms with van der Waals surface area (Å²) in [7, 11) is 0. The summed E-state index contributed by atoms with van der Waals surface area (Å²) in [4.78, 5) is 10.8. The van der Waals surface area contributed by atoms with Crippen LogP contribution in [0.25, 0.3) is 10.2 Å². The number of fused-ring (bicyclic) bond motifs is 3. The molecule has 0 radical (unpaired) electrons. The number of benzene rings is 1. The van der Waals surface area contributed by atoms with Gasteiger partial charge in [0.1, 0.15) is 11.2 Å². The third-order valence-electron chi connectivity index (χ3n) is 3.98. The molecule has 0 unspecified atom stereocenters. The average Bonchev–Trinajstić information content (AvgIpc) is 2.96. The summed E-state index contributed by atoms with van der Waals surface area (Å²) in [5.41, 5.74) is 1.50. The number of thiophene rings is 1. The van der Waals surface area contributed by atoms with Gasteiger partial charge in [-0.3, -0.25) is 0 Å². The second-order valence-electron chi connectivity index (χ2n) is 5.43. The van der Waals surface area contributed by atoms with Crippen LogP contribution >= 0.6 is 11.3 Å². The zero-order valence-corrected chi connectivity index (χ0v) is 13.0. The van der Waals surface area contributed by atoms with Crippen molar-refractivity contribution in [2.75, 3.05) is 0 Å². The molecular weight excluding hydrogens is 313 g/mol. The Kier molecular flexibility index (Phi) is 3.43. The maximum atomic E-state index is 14.1. The van der Waals surface area contributed by atoms with Crippen molar-refractivity contribution >= 4 is 21.6 Å². The summed E-state index contributed by atoms with van der Waals surface area (Å²) in [5, 5.41) is 9.71. The zero-order chi connectivity index (χ0) is 15.8. The number of hydrogen-bond donors (Lipinski definition) is 0. The maximum absolute atomic E-state index is 14.1. The molecule has 1 aliphatic carbocycles. The lowest BCUT2D eigenvalue weighted by Gasteiger charge is -2.12. The molecule has 0 saturated heterocycles. The van der Waals surface area contributed by atoms with Gasteiger partial charge in [-0.15, -0.1) is 11.3 Å². The minimum absolute atomic E-state index is 0.0692. The third-order valence-corrected chi connectivity index (χ3v) is 5.18. The van der Waals surface area contributed by atoms with E-state index >= 15 is 0 Å². The summed E-state index contributed by atoms with van der Waals surface area (Å²) < 4.78 is 19.8. The van der Waals surface area contributed by atoms with Crippen LogP contribution in [0.5, 0.6) is 11.6 Å². The molecule has 4 nitrogen and oxygen atoms in total. The highest BCUT2D eigenvalue weighted by molar-refractivity contribution is 7.18. The summed E-state index contributed by atoms with van der Waals surface area (Å²) in [6.07, 6.45) is 5.81. The number of halogens is 1. The van der Waals surface area contributed by atoms with E-state index < -0.39 is 5.82 Å². The van der Waals surface area contributed by atoms with Crippen molar-refractivity contribution in [1.82, 2.24) is 9.97 Å². The van der Waals surface area contributed by atoms with Crippen LogP contribution in [0.1, 0.15) is 28.8 Å². The van der Waals surface area contributed by atoms with Crippen LogP contribution in [-0.4, -0.2) is 9.97 Å². The van der Waals surface area contributed by atoms with Crippen molar-refractivity contribution in [2.24, 2.45) is 0 Å². The Morgan fingerprint density at radius 2 is 2.09 bits per heavy atom. The highest BCUT2D eigenvalue weighted by atomic mass is 32.1. The van der Waals surface area contributed by atoms with Crippen molar-refractivity contribution in [2.45, 2.75) is 25.7 Å². The molecule has 1 aliphatic rings. The minimum atomic E-state index is -0.570. The quantitative estimate of drug-likeness (QED) is 0.702. The fourth-order valence-corrected chi connectivity index (χ4v) is 4.12. The first-order valence-corrected chi connectivity index (χ1v) is 8.20. The molecule has 2 heterocycles. The van der Waals surface area contributed by atoms with Crippen LogP contribution in [0.3, 0.4) is 0 Å². The molecule has 1 aromatic carbocycles. The third kappa shape index (κ3) is 2.43. The molecular formula is C17H12FN3OS. The van der Waals surface area contributed by atoms with E-state index in [0.717, 1.165) is 35.5 Å². The van der Waals surface area contributed by atoms with Gasteiger partial charge in [-0.05, 0) is 49.4 Å². The van der Waals surface area contributed by atoms with Gasteiger partial charge in [-0.2, -0.15) is 5.26 Å². The van der Waals surface area contributed by atoms with Gasteiger partial charge in [0.05, 0.1) is 17.0 Å². The summed E-state index contributed by atoms with van der Waals surface area (Å²) in [5.74, 6) is -0.113. The molecule has 0 bridgehead atoms. The number of hydrogen-bond acceptors (Lipinski definition) is 5. The Bertz CT molecular complexity index is 945. The first-order valence-electron chi connectivity index (χ1n) is 7.39. The molecule has 2 aromatic heterocycles. The van der Waals surface area contributed by atoms with E-state index in [1.165, 1.54) is 35.3 Å². The number of rotatable bonds is 2. The van der Waals surface area contributed by atoms with Gasteiger partial charge in [-0.25, -0.2) is 14.4 Å². The molecule has 0 atom stereocenters. The fraction of sp³-hybridized carbons (Fsp3) is 0.235. The van der Waals surface area contributed by atoms with Gasteiger partial charge in [-0.1, -0.05) is 0 Å². The minimum Gasteiger partial charge on any atom is -0.435 e. The largest absolute Gasteiger partial charge is 0.435 e. The summed E-state index contributed by atoms with van der Waals surface area (Å²) in [6, 6.07) is 6.06. The highest BCUT2D eigenvalue weighted by Gasteiger charge is 2.21. The SMILES string of the molecule is N#Cc1ccc(Oc2ncnc3sc4c(c23)CCCC4)c(F)c1. The lowest BCUT2D eigenvalue weighted by molar-refractivity contribution is 0.431. The number of nitrogens with zero attached hydrogens (tertiary/aromatic N) is 3. The molecule has 23 heavy (non-hydrogen) atoms. The Balaban J connectivity index is 1.80. The van der Waals surface area contributed by atoms with E-state index in [4.69, 9.17) is 10.00 Å². The number of aromatic nitrogens is 2. The van der Waals surface area contributed by atoms with Crippen molar-refractivity contribution in [3.63, 3.8) is 0 Å². The first-order chi connectivity index (χ1) is 11.3. The van der Waals surface area contributed by atoms with Crippen LogP contribution in [0.4, 0.5) is 4.39 Å². The van der Waals surface area contributed by atoms with Gasteiger partial charge >= 0.3 is 0 Å². The second-order valence-corrected chi connectivity index (χ2v) is 6.51. The van der Waals surface area contributed by atoms with Crippen molar-refractivity contribution in [3.8, 4) is 17.7 Å². The van der Waals surface area contributed by atoms with Gasteiger partial charge in [0, 0.05) is 4.88 Å². The lowest BCUT2D eigenvalue weighted by Crippen LogP contribution is -1.99. The molecule has 0 spiro atoms. The number of ether oxygens (including phenoxy) is 1. The van der Waals surface area contributed by atoms with E-state index in [1.807, 2.05) is 6.07 Å². The molecule has 0 amide bonds. The molecule has 0 N–H and O–H groups in total. The van der Waals surface area contributed by atoms with E-state index in [2.05, 4.69) is 9.97 Å². The maximum Gasteiger partial charge on any atom is 0.231 e. The normalized spacial score (nSPS) is 13.6. The van der Waals surface area contributed by atoms with Crippen LogP contribution in [0, 0.1) is 17.1 Å². The second kappa shape index (κ2) is 5.60. The van der Waals surface area contributed by atoms with Crippen molar-refractivity contribution in [3.05, 3.63) is 46.3 Å². The monoisotopic (exact) mass is 325 g/mol. The molecule has 0 saturated carbocycles. The molecule has 0 aliphatic heterocycles. The summed E-state index contributed by atoms with van der Waals surface area (Å²) in [6.45, 7) is 0. The first kappa shape index (κ1) is 14.1. The fourth-order valence-electron chi connectivity index (χ4n) is 2.90. The average molecular weight is 325 g/mol. The van der Waals surface area contributed by atoms with Crippen LogP contribution in [0.2, 0.25) is 0 Å². The van der Waals surface area contributed by atoms with Crippen LogP contribution in [-0.2, 0) is 12.8 Å². The predicted octanol–water partition coefficient (Wildman–Crippen LogP) is 4.37. The topological polar surface area (TPSA) is 58.8 Å². The van der Waals surface area contributed by atoms with E-state index in [9.17, 15) is 4.39 Å². The Morgan fingerprint density at radius 1 is 1.22 bits per heavy atom. The molecule has 114 valence electrons. The molecule has 0 fully saturated rings. The number of aryl methyl sites for hydroxylation is 2.